The Balaban J connectivity index is 1.75. The van der Waals surface area contributed by atoms with Crippen LogP contribution in [0.5, 0.6) is 0 Å². The fourth-order valence-electron chi connectivity index (χ4n) is 1.99. The lowest BCUT2D eigenvalue weighted by Crippen LogP contribution is -2.53. The monoisotopic (exact) mass is 255 g/mol. The number of urea groups is 1. The number of carbonyl (C=O) groups is 3. The van der Waals surface area contributed by atoms with E-state index < -0.39 is 23.5 Å². The van der Waals surface area contributed by atoms with Crippen molar-refractivity contribution in [1.82, 2.24) is 16.0 Å². The van der Waals surface area contributed by atoms with Crippen LogP contribution in [0, 0.1) is 5.41 Å². The van der Waals surface area contributed by atoms with Crippen molar-refractivity contribution in [3.05, 3.63) is 0 Å². The zero-order valence-corrected chi connectivity index (χ0v) is 9.99. The fraction of sp³-hybridized carbons (Fsp3) is 0.727. The third kappa shape index (κ3) is 2.72. The summed E-state index contributed by atoms with van der Waals surface area (Å²) in [5, 5.41) is 16.7. The smallest absolute Gasteiger partial charge is 0.315 e. The molecule has 0 aromatic carbocycles. The number of aliphatic carboxylic acids is 1. The van der Waals surface area contributed by atoms with Crippen molar-refractivity contribution in [2.45, 2.75) is 31.7 Å². The van der Waals surface area contributed by atoms with Gasteiger partial charge in [0.15, 0.2) is 0 Å². The molecule has 2 fully saturated rings. The van der Waals surface area contributed by atoms with Crippen LogP contribution in [0.3, 0.4) is 0 Å². The Morgan fingerprint density at radius 1 is 1.44 bits per heavy atom. The van der Waals surface area contributed by atoms with Crippen LogP contribution in [0.4, 0.5) is 4.79 Å². The van der Waals surface area contributed by atoms with Gasteiger partial charge in [-0.05, 0) is 25.7 Å². The number of rotatable bonds is 4. The second kappa shape index (κ2) is 4.83. The summed E-state index contributed by atoms with van der Waals surface area (Å²) in [6, 6.07) is -0.997. The van der Waals surface area contributed by atoms with Crippen molar-refractivity contribution in [2.24, 2.45) is 5.41 Å². The zero-order valence-electron chi connectivity index (χ0n) is 9.99. The van der Waals surface area contributed by atoms with E-state index in [0.717, 1.165) is 6.42 Å². The van der Waals surface area contributed by atoms with E-state index in [9.17, 15) is 14.4 Å². The predicted molar refractivity (Wildman–Crippen MR) is 61.9 cm³/mol. The highest BCUT2D eigenvalue weighted by molar-refractivity contribution is 5.87. The molecule has 7 nitrogen and oxygen atoms in total. The molecule has 0 bridgehead atoms. The summed E-state index contributed by atoms with van der Waals surface area (Å²) >= 11 is 0. The third-order valence-corrected chi connectivity index (χ3v) is 3.49. The zero-order chi connectivity index (χ0) is 13.2. The summed E-state index contributed by atoms with van der Waals surface area (Å²) in [4.78, 5) is 33.9. The molecule has 1 heterocycles. The molecular weight excluding hydrogens is 238 g/mol. The van der Waals surface area contributed by atoms with Crippen LogP contribution in [0.15, 0.2) is 0 Å². The Labute approximate surface area is 104 Å². The first-order chi connectivity index (χ1) is 8.53. The molecule has 1 unspecified atom stereocenters. The van der Waals surface area contributed by atoms with Crippen LogP contribution in [-0.4, -0.2) is 42.1 Å². The van der Waals surface area contributed by atoms with Crippen LogP contribution in [0.2, 0.25) is 0 Å². The number of amides is 3. The predicted octanol–water partition coefficient (Wildman–Crippen LogP) is -0.571. The molecule has 18 heavy (non-hydrogen) atoms. The largest absolute Gasteiger partial charge is 0.481 e. The van der Waals surface area contributed by atoms with Gasteiger partial charge < -0.3 is 21.1 Å². The van der Waals surface area contributed by atoms with Crippen molar-refractivity contribution in [2.75, 3.05) is 13.1 Å². The highest BCUT2D eigenvalue weighted by Crippen LogP contribution is 2.45. The molecule has 1 saturated heterocycles. The second-order valence-electron chi connectivity index (χ2n) is 4.90. The lowest BCUT2D eigenvalue weighted by atomic mass is 10.1. The molecule has 3 amide bonds. The van der Waals surface area contributed by atoms with Gasteiger partial charge in [0.2, 0.25) is 5.91 Å². The average molecular weight is 255 g/mol. The van der Waals surface area contributed by atoms with Gasteiger partial charge in [0.05, 0.1) is 5.41 Å². The third-order valence-electron chi connectivity index (χ3n) is 3.49. The van der Waals surface area contributed by atoms with Crippen molar-refractivity contribution in [1.29, 1.82) is 0 Å². The maximum absolute atomic E-state index is 11.6. The summed E-state index contributed by atoms with van der Waals surface area (Å²) in [6.07, 6.45) is 2.62. The van der Waals surface area contributed by atoms with E-state index in [1.54, 1.807) is 0 Å². The molecule has 0 aromatic rings. The minimum Gasteiger partial charge on any atom is -0.481 e. The normalized spacial score (nSPS) is 24.9. The summed E-state index contributed by atoms with van der Waals surface area (Å²) in [7, 11) is 0. The number of carboxylic acids is 1. The number of carboxylic acid groups (broad SMARTS) is 1. The van der Waals surface area contributed by atoms with Gasteiger partial charge in [-0.25, -0.2) is 4.79 Å². The van der Waals surface area contributed by atoms with Gasteiger partial charge in [-0.15, -0.1) is 0 Å². The van der Waals surface area contributed by atoms with Gasteiger partial charge in [-0.3, -0.25) is 9.59 Å². The first kappa shape index (κ1) is 12.7. The lowest BCUT2D eigenvalue weighted by molar-refractivity contribution is -0.143. The van der Waals surface area contributed by atoms with E-state index in [4.69, 9.17) is 5.11 Å². The topological polar surface area (TPSA) is 108 Å². The molecule has 100 valence electrons. The SMILES string of the molecule is O=C(NCC1(C(=O)O)CC1)NC1CCCNC1=O. The number of carbonyl (C=O) groups excluding carboxylic acids is 2. The van der Waals surface area contributed by atoms with E-state index >= 15 is 0 Å². The Morgan fingerprint density at radius 2 is 2.17 bits per heavy atom. The molecule has 0 spiro atoms. The van der Waals surface area contributed by atoms with Crippen molar-refractivity contribution in [3.63, 3.8) is 0 Å². The minimum atomic E-state index is -0.877. The van der Waals surface area contributed by atoms with Gasteiger partial charge in [0.1, 0.15) is 6.04 Å². The number of nitrogens with one attached hydrogen (secondary N) is 3. The van der Waals surface area contributed by atoms with E-state index in [1.165, 1.54) is 0 Å². The maximum Gasteiger partial charge on any atom is 0.315 e. The Bertz CT molecular complexity index is 378. The van der Waals surface area contributed by atoms with E-state index in [2.05, 4.69) is 16.0 Å². The van der Waals surface area contributed by atoms with Gasteiger partial charge in [-0.1, -0.05) is 0 Å². The first-order valence-corrected chi connectivity index (χ1v) is 6.09. The summed E-state index contributed by atoms with van der Waals surface area (Å²) < 4.78 is 0. The maximum atomic E-state index is 11.6. The Kier molecular flexibility index (Phi) is 3.40. The molecule has 7 heteroatoms. The van der Waals surface area contributed by atoms with E-state index in [-0.39, 0.29) is 12.5 Å². The second-order valence-corrected chi connectivity index (χ2v) is 4.90. The molecule has 1 aliphatic heterocycles. The summed E-state index contributed by atoms with van der Waals surface area (Å²) in [6.45, 7) is 0.753. The molecule has 1 atom stereocenters. The number of hydrogen-bond donors (Lipinski definition) is 4. The molecule has 2 aliphatic rings. The van der Waals surface area contributed by atoms with Crippen LogP contribution >= 0.6 is 0 Å². The molecular formula is C11H17N3O4. The molecule has 2 rings (SSSR count). The number of piperidine rings is 1. The summed E-state index contributed by atoms with van der Waals surface area (Å²) in [5.74, 6) is -1.06. The lowest BCUT2D eigenvalue weighted by Gasteiger charge is -2.23. The highest BCUT2D eigenvalue weighted by Gasteiger charge is 2.50. The molecule has 1 saturated carbocycles. The number of hydrogen-bond acceptors (Lipinski definition) is 3. The Hall–Kier alpha value is -1.79. The average Bonchev–Trinajstić information content (AvgIpc) is 3.11. The van der Waals surface area contributed by atoms with Crippen LogP contribution < -0.4 is 16.0 Å². The molecule has 1 aliphatic carbocycles. The van der Waals surface area contributed by atoms with Crippen LogP contribution in [0.25, 0.3) is 0 Å². The van der Waals surface area contributed by atoms with Crippen LogP contribution in [0.1, 0.15) is 25.7 Å². The first-order valence-electron chi connectivity index (χ1n) is 6.09. The van der Waals surface area contributed by atoms with Gasteiger partial charge >= 0.3 is 12.0 Å². The minimum absolute atomic E-state index is 0.114. The standard InChI is InChI=1S/C11H17N3O4/c15-8-7(2-1-5-12-8)14-10(18)13-6-11(3-4-11)9(16)17/h7H,1-6H2,(H,12,15)(H,16,17)(H2,13,14,18). The van der Waals surface area contributed by atoms with Crippen molar-refractivity contribution in [3.8, 4) is 0 Å². The van der Waals surface area contributed by atoms with E-state index in [1.807, 2.05) is 0 Å². The molecule has 4 N–H and O–H groups in total. The van der Waals surface area contributed by atoms with Gasteiger partial charge in [0, 0.05) is 13.1 Å². The fourth-order valence-corrected chi connectivity index (χ4v) is 1.99. The van der Waals surface area contributed by atoms with Gasteiger partial charge in [-0.2, -0.15) is 0 Å². The highest BCUT2D eigenvalue weighted by atomic mass is 16.4. The quantitative estimate of drug-likeness (QED) is 0.539. The van der Waals surface area contributed by atoms with E-state index in [0.29, 0.717) is 25.8 Å². The molecule has 0 aromatic heterocycles. The van der Waals surface area contributed by atoms with Gasteiger partial charge in [0.25, 0.3) is 0 Å². The van der Waals surface area contributed by atoms with Crippen molar-refractivity contribution < 1.29 is 19.5 Å². The molecule has 0 radical (unpaired) electrons. The van der Waals surface area contributed by atoms with Crippen molar-refractivity contribution >= 4 is 17.9 Å². The summed E-state index contributed by atoms with van der Waals surface area (Å²) in [5.41, 5.74) is -0.786. The Morgan fingerprint density at radius 3 is 2.72 bits per heavy atom. The van der Waals surface area contributed by atoms with Crippen LogP contribution in [-0.2, 0) is 9.59 Å².